The minimum atomic E-state index is -3.96. The maximum absolute atomic E-state index is 12.7. The third-order valence-electron chi connectivity index (χ3n) is 4.52. The number of amides is 1. The van der Waals surface area contributed by atoms with E-state index in [9.17, 15) is 18.0 Å². The molecule has 0 saturated carbocycles. The fourth-order valence-corrected chi connectivity index (χ4v) is 4.16. The van der Waals surface area contributed by atoms with E-state index >= 15 is 0 Å². The number of carbonyl (C=O) groups is 2. The molecule has 0 aliphatic heterocycles. The molecule has 10 heteroatoms. The summed E-state index contributed by atoms with van der Waals surface area (Å²) < 4.78 is 37.9. The smallest absolute Gasteiger partial charge is 0.338 e. The molecule has 2 N–H and O–H groups in total. The monoisotopic (exact) mass is 488 g/mol. The van der Waals surface area contributed by atoms with Crippen molar-refractivity contribution in [3.63, 3.8) is 0 Å². The van der Waals surface area contributed by atoms with Crippen molar-refractivity contribution in [2.75, 3.05) is 23.8 Å². The first kappa shape index (κ1) is 24.1. The highest BCUT2D eigenvalue weighted by Gasteiger charge is 2.18. The molecule has 3 aromatic rings. The molecule has 1 amide bonds. The van der Waals surface area contributed by atoms with E-state index < -0.39 is 28.5 Å². The number of halogens is 1. The quantitative estimate of drug-likeness (QED) is 0.458. The minimum Gasteiger partial charge on any atom is -0.497 e. The zero-order valence-corrected chi connectivity index (χ0v) is 19.4. The van der Waals surface area contributed by atoms with E-state index in [4.69, 9.17) is 21.1 Å². The molecule has 0 unspecified atom stereocenters. The number of ether oxygens (including phenoxy) is 2. The van der Waals surface area contributed by atoms with Gasteiger partial charge in [-0.2, -0.15) is 0 Å². The van der Waals surface area contributed by atoms with Gasteiger partial charge in [0.25, 0.3) is 15.9 Å². The molecule has 3 rings (SSSR count). The summed E-state index contributed by atoms with van der Waals surface area (Å²) in [5, 5.41) is 3.16. The summed E-state index contributed by atoms with van der Waals surface area (Å²) in [5.74, 6) is -0.795. The van der Waals surface area contributed by atoms with Crippen molar-refractivity contribution in [3.8, 4) is 5.75 Å². The number of carbonyl (C=O) groups excluding carboxylic acids is 2. The first-order chi connectivity index (χ1) is 15.7. The van der Waals surface area contributed by atoms with E-state index in [1.807, 2.05) is 0 Å². The number of nitrogens with one attached hydrogen (secondary N) is 2. The molecule has 33 heavy (non-hydrogen) atoms. The van der Waals surface area contributed by atoms with Crippen LogP contribution in [-0.2, 0) is 19.6 Å². The van der Waals surface area contributed by atoms with Crippen molar-refractivity contribution in [1.29, 1.82) is 0 Å². The Balaban J connectivity index is 1.64. The van der Waals surface area contributed by atoms with Gasteiger partial charge in [-0.05, 0) is 73.2 Å². The summed E-state index contributed by atoms with van der Waals surface area (Å²) in [6.07, 6.45) is 0. The van der Waals surface area contributed by atoms with Gasteiger partial charge in [-0.1, -0.05) is 17.7 Å². The zero-order valence-electron chi connectivity index (χ0n) is 17.8. The van der Waals surface area contributed by atoms with Crippen LogP contribution in [0.5, 0.6) is 5.75 Å². The van der Waals surface area contributed by atoms with Crippen LogP contribution in [0.2, 0.25) is 5.02 Å². The lowest BCUT2D eigenvalue weighted by Crippen LogP contribution is -2.21. The summed E-state index contributed by atoms with van der Waals surface area (Å²) in [4.78, 5) is 24.4. The van der Waals surface area contributed by atoms with Crippen LogP contribution in [0.15, 0.2) is 71.6 Å². The van der Waals surface area contributed by atoms with E-state index in [1.54, 1.807) is 49.4 Å². The van der Waals surface area contributed by atoms with E-state index in [0.717, 1.165) is 5.56 Å². The van der Waals surface area contributed by atoms with Gasteiger partial charge in [-0.25, -0.2) is 13.2 Å². The summed E-state index contributed by atoms with van der Waals surface area (Å²) in [5.41, 5.74) is 1.61. The van der Waals surface area contributed by atoms with Gasteiger partial charge in [0.2, 0.25) is 0 Å². The minimum absolute atomic E-state index is 0.0110. The van der Waals surface area contributed by atoms with Gasteiger partial charge in [0, 0.05) is 16.4 Å². The maximum Gasteiger partial charge on any atom is 0.338 e. The van der Waals surface area contributed by atoms with Crippen molar-refractivity contribution in [2.45, 2.75) is 11.8 Å². The molecule has 0 saturated heterocycles. The lowest BCUT2D eigenvalue weighted by molar-refractivity contribution is -0.119. The fourth-order valence-electron chi connectivity index (χ4n) is 2.83. The molecule has 0 atom stereocenters. The van der Waals surface area contributed by atoms with Crippen LogP contribution in [0.3, 0.4) is 0 Å². The summed E-state index contributed by atoms with van der Waals surface area (Å²) in [7, 11) is -2.45. The van der Waals surface area contributed by atoms with E-state index in [2.05, 4.69) is 10.0 Å². The number of rotatable bonds is 8. The van der Waals surface area contributed by atoms with Crippen molar-refractivity contribution < 1.29 is 27.5 Å². The average Bonchev–Trinajstić information content (AvgIpc) is 2.79. The molecule has 8 nitrogen and oxygen atoms in total. The maximum atomic E-state index is 12.7. The molecule has 0 spiro atoms. The lowest BCUT2D eigenvalue weighted by atomic mass is 10.2. The van der Waals surface area contributed by atoms with Crippen LogP contribution < -0.4 is 14.8 Å². The Bertz CT molecular complexity index is 1280. The molecule has 0 bridgehead atoms. The number of sulfonamides is 1. The molecule has 172 valence electrons. The lowest BCUT2D eigenvalue weighted by Gasteiger charge is -2.11. The Morgan fingerprint density at radius 1 is 1.00 bits per heavy atom. The number of esters is 1. The third-order valence-corrected chi connectivity index (χ3v) is 6.13. The van der Waals surface area contributed by atoms with Crippen molar-refractivity contribution in [1.82, 2.24) is 0 Å². The summed E-state index contributed by atoms with van der Waals surface area (Å²) >= 11 is 5.89. The van der Waals surface area contributed by atoms with E-state index in [-0.39, 0.29) is 10.5 Å². The Kier molecular flexibility index (Phi) is 7.57. The van der Waals surface area contributed by atoms with Crippen LogP contribution >= 0.6 is 11.6 Å². The predicted molar refractivity (Wildman–Crippen MR) is 125 cm³/mol. The van der Waals surface area contributed by atoms with Gasteiger partial charge in [0.05, 0.1) is 17.6 Å². The molecule has 3 aromatic carbocycles. The third kappa shape index (κ3) is 6.47. The number of benzene rings is 3. The van der Waals surface area contributed by atoms with Gasteiger partial charge < -0.3 is 14.8 Å². The second-order valence-corrected chi connectivity index (χ2v) is 9.06. The standard InChI is InChI=1S/C23H21ClN2O6S/c1-15-12-17(24)6-11-21(15)25-22(27)14-32-23(28)16-4-3-5-20(13-16)33(29,30)26-18-7-9-19(31-2)10-8-18/h3-13,26H,14H2,1-2H3,(H,25,27). The molecule has 0 radical (unpaired) electrons. The van der Waals surface area contributed by atoms with Gasteiger partial charge in [0.15, 0.2) is 6.61 Å². The Labute approximate surface area is 196 Å². The highest BCUT2D eigenvalue weighted by atomic mass is 35.5. The largest absolute Gasteiger partial charge is 0.497 e. The van der Waals surface area contributed by atoms with Crippen molar-refractivity contribution in [2.24, 2.45) is 0 Å². The highest BCUT2D eigenvalue weighted by molar-refractivity contribution is 7.92. The fraction of sp³-hybridized carbons (Fsp3) is 0.130. The van der Waals surface area contributed by atoms with Gasteiger partial charge in [0.1, 0.15) is 5.75 Å². The molecule has 0 fully saturated rings. The topological polar surface area (TPSA) is 111 Å². The SMILES string of the molecule is COc1ccc(NS(=O)(=O)c2cccc(C(=O)OCC(=O)Nc3ccc(Cl)cc3C)c2)cc1. The number of anilines is 2. The summed E-state index contributed by atoms with van der Waals surface area (Å²) in [6, 6.07) is 16.6. The van der Waals surface area contributed by atoms with Crippen LogP contribution in [0.1, 0.15) is 15.9 Å². The van der Waals surface area contributed by atoms with Gasteiger partial charge >= 0.3 is 5.97 Å². The number of hydrogen-bond donors (Lipinski definition) is 2. The van der Waals surface area contributed by atoms with Crippen LogP contribution in [-0.4, -0.2) is 34.0 Å². The second kappa shape index (κ2) is 10.4. The molecular weight excluding hydrogens is 468 g/mol. The summed E-state index contributed by atoms with van der Waals surface area (Å²) in [6.45, 7) is 1.24. The van der Waals surface area contributed by atoms with E-state index in [0.29, 0.717) is 22.1 Å². The predicted octanol–water partition coefficient (Wildman–Crippen LogP) is 4.25. The Morgan fingerprint density at radius 3 is 2.39 bits per heavy atom. The van der Waals surface area contributed by atoms with Gasteiger partial charge in [-0.3, -0.25) is 9.52 Å². The van der Waals surface area contributed by atoms with Crippen molar-refractivity contribution in [3.05, 3.63) is 82.9 Å². The number of aryl methyl sites for hydroxylation is 1. The molecular formula is C23H21ClN2O6S. The van der Waals surface area contributed by atoms with Crippen molar-refractivity contribution >= 4 is 44.9 Å². The highest BCUT2D eigenvalue weighted by Crippen LogP contribution is 2.21. The normalized spacial score (nSPS) is 10.9. The first-order valence-electron chi connectivity index (χ1n) is 9.68. The van der Waals surface area contributed by atoms with Crippen LogP contribution in [0.25, 0.3) is 0 Å². The van der Waals surface area contributed by atoms with E-state index in [1.165, 1.54) is 31.4 Å². The molecule has 0 heterocycles. The number of hydrogen-bond acceptors (Lipinski definition) is 6. The second-order valence-electron chi connectivity index (χ2n) is 6.95. The Hall–Kier alpha value is -3.56. The molecule has 0 aliphatic rings. The van der Waals surface area contributed by atoms with Crippen LogP contribution in [0.4, 0.5) is 11.4 Å². The van der Waals surface area contributed by atoms with Crippen LogP contribution in [0, 0.1) is 6.92 Å². The van der Waals surface area contributed by atoms with Gasteiger partial charge in [-0.15, -0.1) is 0 Å². The first-order valence-corrected chi connectivity index (χ1v) is 11.5. The average molecular weight is 489 g/mol. The molecule has 0 aliphatic carbocycles. The Morgan fingerprint density at radius 2 is 1.73 bits per heavy atom. The zero-order chi connectivity index (χ0) is 24.0. The molecule has 0 aromatic heterocycles. The number of methoxy groups -OCH3 is 1.